The molecule has 0 saturated carbocycles. The monoisotopic (exact) mass is 419 g/mol. The largest absolute Gasteiger partial charge is 0.302 e. The Morgan fingerprint density at radius 2 is 2.00 bits per heavy atom. The lowest BCUT2D eigenvalue weighted by Crippen LogP contribution is -2.13. The molecular formula is C16H13N5O3S3. The van der Waals surface area contributed by atoms with Crippen LogP contribution in [0, 0.1) is 0 Å². The van der Waals surface area contributed by atoms with E-state index in [4.69, 9.17) is 0 Å². The maximum Gasteiger partial charge on any atom is 0.264 e. The minimum atomic E-state index is -3.83. The third-order valence-corrected chi connectivity index (χ3v) is 6.65. The lowest BCUT2D eigenvalue weighted by atomic mass is 10.3. The van der Waals surface area contributed by atoms with Gasteiger partial charge in [-0.25, -0.2) is 13.4 Å². The summed E-state index contributed by atoms with van der Waals surface area (Å²) in [6.07, 6.45) is 0.359. The van der Waals surface area contributed by atoms with Gasteiger partial charge in [-0.1, -0.05) is 24.3 Å². The van der Waals surface area contributed by atoms with E-state index in [2.05, 4.69) is 23.8 Å². The number of benzene rings is 2. The van der Waals surface area contributed by atoms with E-state index in [9.17, 15) is 13.2 Å². The number of hydrogen-bond acceptors (Lipinski definition) is 8. The zero-order valence-electron chi connectivity index (χ0n) is 14.0. The van der Waals surface area contributed by atoms with Crippen LogP contribution in [0.15, 0.2) is 41.3 Å². The number of hydrogen-bond donors (Lipinski definition) is 2. The molecule has 0 saturated heterocycles. The number of amides is 1. The van der Waals surface area contributed by atoms with E-state index in [1.54, 1.807) is 37.3 Å². The molecule has 138 valence electrons. The van der Waals surface area contributed by atoms with Crippen LogP contribution in [-0.4, -0.2) is 28.1 Å². The number of carbonyl (C=O) groups excluding carboxylic acids is 1. The summed E-state index contributed by atoms with van der Waals surface area (Å²) in [7, 11) is -3.83. The molecule has 0 fully saturated rings. The van der Waals surface area contributed by atoms with Crippen LogP contribution in [0.1, 0.15) is 13.3 Å². The third kappa shape index (κ3) is 3.48. The van der Waals surface area contributed by atoms with E-state index in [-0.39, 0.29) is 10.8 Å². The summed E-state index contributed by atoms with van der Waals surface area (Å²) in [4.78, 5) is 15.9. The van der Waals surface area contributed by atoms with Crippen LogP contribution in [0.4, 0.5) is 10.8 Å². The predicted molar refractivity (Wildman–Crippen MR) is 107 cm³/mol. The van der Waals surface area contributed by atoms with Crippen molar-refractivity contribution in [1.29, 1.82) is 0 Å². The molecule has 0 aliphatic rings. The van der Waals surface area contributed by atoms with Crippen molar-refractivity contribution in [3.8, 4) is 0 Å². The Labute approximate surface area is 162 Å². The van der Waals surface area contributed by atoms with Crippen molar-refractivity contribution in [3.63, 3.8) is 0 Å². The maximum atomic E-state index is 12.8. The Bertz CT molecular complexity index is 1260. The Balaban J connectivity index is 1.66. The van der Waals surface area contributed by atoms with Gasteiger partial charge in [0.15, 0.2) is 5.13 Å². The average Bonchev–Trinajstić information content (AvgIpc) is 3.26. The minimum Gasteiger partial charge on any atom is -0.302 e. The molecule has 2 heterocycles. The molecule has 2 aromatic carbocycles. The smallest absolute Gasteiger partial charge is 0.264 e. The van der Waals surface area contributed by atoms with Crippen molar-refractivity contribution in [2.75, 3.05) is 10.0 Å². The number of anilines is 2. The first kappa shape index (κ1) is 17.8. The van der Waals surface area contributed by atoms with E-state index in [0.717, 1.165) is 16.4 Å². The SMILES string of the molecule is CCC(=O)Nc1nc2cc(NS(=O)(=O)c3cccc4nsnc34)ccc2s1. The van der Waals surface area contributed by atoms with E-state index < -0.39 is 10.0 Å². The molecule has 2 N–H and O–H groups in total. The fourth-order valence-electron chi connectivity index (χ4n) is 2.46. The summed E-state index contributed by atoms with van der Waals surface area (Å²) in [6, 6.07) is 9.88. The van der Waals surface area contributed by atoms with Gasteiger partial charge in [-0.15, -0.1) is 0 Å². The second-order valence-corrected chi connectivity index (χ2v) is 8.81. The number of thiazole rings is 1. The third-order valence-electron chi connectivity index (χ3n) is 3.75. The fraction of sp³-hybridized carbons (Fsp3) is 0.125. The lowest BCUT2D eigenvalue weighted by molar-refractivity contribution is -0.115. The summed E-state index contributed by atoms with van der Waals surface area (Å²) < 4.78 is 37.1. The second kappa shape index (κ2) is 6.83. The van der Waals surface area contributed by atoms with Crippen molar-refractivity contribution in [2.24, 2.45) is 0 Å². The number of rotatable bonds is 5. The molecule has 0 atom stereocenters. The van der Waals surface area contributed by atoms with Crippen LogP contribution in [0.25, 0.3) is 21.3 Å². The van der Waals surface area contributed by atoms with Crippen molar-refractivity contribution in [1.82, 2.24) is 13.7 Å². The number of nitrogens with zero attached hydrogens (tertiary/aromatic N) is 3. The number of fused-ring (bicyclic) bond motifs is 2. The number of aromatic nitrogens is 3. The van der Waals surface area contributed by atoms with Crippen molar-refractivity contribution < 1.29 is 13.2 Å². The van der Waals surface area contributed by atoms with E-state index >= 15 is 0 Å². The summed E-state index contributed by atoms with van der Waals surface area (Å²) in [5.74, 6) is -0.125. The summed E-state index contributed by atoms with van der Waals surface area (Å²) in [5.41, 5.74) is 1.85. The van der Waals surface area contributed by atoms with Crippen LogP contribution < -0.4 is 10.0 Å². The van der Waals surface area contributed by atoms with E-state index in [1.165, 1.54) is 17.4 Å². The van der Waals surface area contributed by atoms with Crippen LogP contribution in [0.3, 0.4) is 0 Å². The molecule has 4 aromatic rings. The van der Waals surface area contributed by atoms with Crippen LogP contribution in [0.2, 0.25) is 0 Å². The first-order valence-electron chi connectivity index (χ1n) is 7.91. The highest BCUT2D eigenvalue weighted by Crippen LogP contribution is 2.30. The van der Waals surface area contributed by atoms with Crippen molar-refractivity contribution in [2.45, 2.75) is 18.2 Å². The van der Waals surface area contributed by atoms with Gasteiger partial charge in [0.1, 0.15) is 15.9 Å². The van der Waals surface area contributed by atoms with Gasteiger partial charge in [0.25, 0.3) is 10.0 Å². The van der Waals surface area contributed by atoms with Gasteiger partial charge in [-0.2, -0.15) is 8.75 Å². The molecule has 27 heavy (non-hydrogen) atoms. The van der Waals surface area contributed by atoms with Gasteiger partial charge in [-0.05, 0) is 30.3 Å². The molecule has 0 bridgehead atoms. The zero-order chi connectivity index (χ0) is 19.0. The Kier molecular flexibility index (Phi) is 4.50. The van der Waals surface area contributed by atoms with Crippen LogP contribution in [0.5, 0.6) is 0 Å². The summed E-state index contributed by atoms with van der Waals surface area (Å²) in [6.45, 7) is 1.76. The molecule has 0 unspecified atom stereocenters. The highest BCUT2D eigenvalue weighted by atomic mass is 32.2. The van der Waals surface area contributed by atoms with Gasteiger partial charge in [-0.3, -0.25) is 9.52 Å². The first-order chi connectivity index (χ1) is 13.0. The number of nitrogens with one attached hydrogen (secondary N) is 2. The van der Waals surface area contributed by atoms with Gasteiger partial charge < -0.3 is 5.32 Å². The minimum absolute atomic E-state index is 0.0722. The van der Waals surface area contributed by atoms with E-state index in [1.807, 2.05) is 0 Å². The van der Waals surface area contributed by atoms with E-state index in [0.29, 0.717) is 33.8 Å². The standard InChI is InChI=1S/C16H13N5O3S3/c1-2-14(22)18-16-17-11-8-9(6-7-12(11)25-16)21-27(23,24)13-5-3-4-10-15(13)20-26-19-10/h3-8,21H,2H2,1H3,(H,17,18,22). The normalized spacial score (nSPS) is 11.7. The molecule has 2 aromatic heterocycles. The first-order valence-corrected chi connectivity index (χ1v) is 10.9. The molecule has 11 heteroatoms. The fourth-order valence-corrected chi connectivity index (χ4v) is 5.14. The predicted octanol–water partition coefficient (Wildman–Crippen LogP) is 3.45. The molecule has 4 rings (SSSR count). The quantitative estimate of drug-likeness (QED) is 0.512. The Morgan fingerprint density at radius 3 is 2.81 bits per heavy atom. The van der Waals surface area contributed by atoms with Gasteiger partial charge in [0.05, 0.1) is 27.6 Å². The molecule has 0 radical (unpaired) electrons. The van der Waals surface area contributed by atoms with Gasteiger partial charge in [0.2, 0.25) is 5.91 Å². The second-order valence-electron chi connectivity index (χ2n) is 5.60. The molecular weight excluding hydrogens is 406 g/mol. The average molecular weight is 420 g/mol. The number of carbonyl (C=O) groups is 1. The van der Waals surface area contributed by atoms with Gasteiger partial charge in [0, 0.05) is 6.42 Å². The van der Waals surface area contributed by atoms with Crippen LogP contribution >= 0.6 is 23.1 Å². The van der Waals surface area contributed by atoms with Crippen LogP contribution in [-0.2, 0) is 14.8 Å². The van der Waals surface area contributed by atoms with Crippen molar-refractivity contribution in [3.05, 3.63) is 36.4 Å². The Hall–Kier alpha value is -2.63. The topological polar surface area (TPSA) is 114 Å². The lowest BCUT2D eigenvalue weighted by Gasteiger charge is -2.08. The highest BCUT2D eigenvalue weighted by Gasteiger charge is 2.20. The van der Waals surface area contributed by atoms with Crippen molar-refractivity contribution >= 4 is 71.1 Å². The summed E-state index contributed by atoms with van der Waals surface area (Å²) >= 11 is 2.30. The Morgan fingerprint density at radius 1 is 1.15 bits per heavy atom. The molecule has 1 amide bonds. The highest BCUT2D eigenvalue weighted by molar-refractivity contribution is 7.93. The number of sulfonamides is 1. The maximum absolute atomic E-state index is 12.8. The summed E-state index contributed by atoms with van der Waals surface area (Å²) in [5, 5.41) is 3.19. The van der Waals surface area contributed by atoms with Gasteiger partial charge >= 0.3 is 0 Å². The molecule has 0 spiro atoms. The zero-order valence-corrected chi connectivity index (χ0v) is 16.4. The molecule has 8 nitrogen and oxygen atoms in total. The molecule has 0 aliphatic carbocycles. The molecule has 0 aliphatic heterocycles.